The molecular weight excluding hydrogens is 414 g/mol. The van der Waals surface area contributed by atoms with E-state index < -0.39 is 0 Å². The first-order valence-electron chi connectivity index (χ1n) is 12.3. The van der Waals surface area contributed by atoms with Gasteiger partial charge in [-0.2, -0.15) is 0 Å². The summed E-state index contributed by atoms with van der Waals surface area (Å²) in [5.41, 5.74) is 3.88. The third kappa shape index (κ3) is 5.56. The number of rotatable bonds is 6. The molecule has 2 aromatic carbocycles. The maximum atomic E-state index is 12.7. The van der Waals surface area contributed by atoms with E-state index in [1.807, 2.05) is 36.4 Å². The van der Waals surface area contributed by atoms with Crippen molar-refractivity contribution in [2.24, 2.45) is 11.8 Å². The van der Waals surface area contributed by atoms with Crippen molar-refractivity contribution < 1.29 is 14.3 Å². The summed E-state index contributed by atoms with van der Waals surface area (Å²) >= 11 is 0. The van der Waals surface area contributed by atoms with Crippen molar-refractivity contribution in [1.29, 1.82) is 0 Å². The van der Waals surface area contributed by atoms with Gasteiger partial charge in [0.1, 0.15) is 0 Å². The Morgan fingerprint density at radius 2 is 1.52 bits per heavy atom. The predicted octanol–water partition coefficient (Wildman–Crippen LogP) is 3.97. The minimum absolute atomic E-state index is 0.0902. The zero-order chi connectivity index (χ0) is 22.6. The van der Waals surface area contributed by atoms with Crippen LogP contribution in [0, 0.1) is 11.8 Å². The van der Waals surface area contributed by atoms with E-state index in [0.717, 1.165) is 82.9 Å². The van der Waals surface area contributed by atoms with Gasteiger partial charge in [0.05, 0.1) is 13.2 Å². The van der Waals surface area contributed by atoms with Crippen LogP contribution in [0.15, 0.2) is 48.5 Å². The lowest BCUT2D eigenvalue weighted by molar-refractivity contribution is -0.133. The smallest absolute Gasteiger partial charge is 0.255 e. The van der Waals surface area contributed by atoms with Crippen LogP contribution in [0.4, 0.5) is 11.4 Å². The average Bonchev–Trinajstić information content (AvgIpc) is 3.71. The molecule has 2 amide bonds. The van der Waals surface area contributed by atoms with Gasteiger partial charge in [-0.15, -0.1) is 0 Å². The maximum absolute atomic E-state index is 12.7. The Morgan fingerprint density at radius 3 is 2.15 bits per heavy atom. The van der Waals surface area contributed by atoms with Crippen LogP contribution in [-0.4, -0.2) is 56.1 Å². The monoisotopic (exact) mass is 447 g/mol. The fraction of sp³-hybridized carbons (Fsp3) is 0.481. The highest BCUT2D eigenvalue weighted by molar-refractivity contribution is 6.04. The Bertz CT molecular complexity index is 955. The summed E-state index contributed by atoms with van der Waals surface area (Å²) in [6.45, 7) is 5.10. The van der Waals surface area contributed by atoms with Crippen molar-refractivity contribution in [1.82, 2.24) is 4.90 Å². The summed E-state index contributed by atoms with van der Waals surface area (Å²) in [4.78, 5) is 29.3. The summed E-state index contributed by atoms with van der Waals surface area (Å²) in [5, 5.41) is 3.00. The molecule has 33 heavy (non-hydrogen) atoms. The summed E-state index contributed by atoms with van der Waals surface area (Å²) < 4.78 is 5.41. The predicted molar refractivity (Wildman–Crippen MR) is 130 cm³/mol. The molecule has 6 nitrogen and oxygen atoms in total. The van der Waals surface area contributed by atoms with Gasteiger partial charge in [-0.3, -0.25) is 9.59 Å². The van der Waals surface area contributed by atoms with Crippen LogP contribution < -0.4 is 10.2 Å². The van der Waals surface area contributed by atoms with Gasteiger partial charge in [0.15, 0.2) is 0 Å². The fourth-order valence-corrected chi connectivity index (χ4v) is 4.85. The third-order valence-corrected chi connectivity index (χ3v) is 7.09. The molecule has 0 radical (unpaired) electrons. The lowest BCUT2D eigenvalue weighted by Crippen LogP contribution is -2.39. The van der Waals surface area contributed by atoms with Crippen LogP contribution in [0.2, 0.25) is 0 Å². The van der Waals surface area contributed by atoms with Gasteiger partial charge in [-0.05, 0) is 80.0 Å². The van der Waals surface area contributed by atoms with E-state index in [4.69, 9.17) is 4.74 Å². The Labute approximate surface area is 195 Å². The molecule has 5 rings (SSSR count). The van der Waals surface area contributed by atoms with Crippen molar-refractivity contribution in [3.8, 4) is 0 Å². The number of carbonyl (C=O) groups is 2. The van der Waals surface area contributed by atoms with Crippen LogP contribution in [0.25, 0.3) is 0 Å². The molecule has 174 valence electrons. The van der Waals surface area contributed by atoms with E-state index in [-0.39, 0.29) is 5.91 Å². The van der Waals surface area contributed by atoms with Gasteiger partial charge in [0, 0.05) is 49.0 Å². The van der Waals surface area contributed by atoms with Gasteiger partial charge in [0.25, 0.3) is 5.91 Å². The second kappa shape index (κ2) is 9.96. The Morgan fingerprint density at radius 1 is 0.848 bits per heavy atom. The van der Waals surface area contributed by atoms with E-state index >= 15 is 0 Å². The summed E-state index contributed by atoms with van der Waals surface area (Å²) in [7, 11) is 0. The van der Waals surface area contributed by atoms with Crippen LogP contribution in [0.5, 0.6) is 0 Å². The minimum atomic E-state index is -0.0902. The first kappa shape index (κ1) is 22.0. The van der Waals surface area contributed by atoms with Crippen molar-refractivity contribution in [3.63, 3.8) is 0 Å². The molecule has 6 heteroatoms. The van der Waals surface area contributed by atoms with Crippen LogP contribution in [-0.2, 0) is 16.0 Å². The number of nitrogens with one attached hydrogen (secondary N) is 1. The molecular formula is C27H33N3O3. The molecule has 0 aromatic heterocycles. The normalized spacial score (nSPS) is 19.4. The topological polar surface area (TPSA) is 61.9 Å². The standard InChI is InChI=1S/C27H33N3O3/c31-26(28-24-7-9-25(10-8-24)29-15-17-33-18-16-29)22-3-1-20(2-4-22)19-21-11-13-30(14-12-21)27(32)23-5-6-23/h1-4,7-10,21,23H,5-6,11-19H2,(H,28,31). The number of ether oxygens (including phenoxy) is 1. The van der Waals surface area contributed by atoms with Gasteiger partial charge in [-0.25, -0.2) is 0 Å². The first-order valence-corrected chi connectivity index (χ1v) is 12.3. The van der Waals surface area contributed by atoms with Gasteiger partial charge in [-0.1, -0.05) is 12.1 Å². The molecule has 0 atom stereocenters. The second-order valence-electron chi connectivity index (χ2n) is 9.54. The van der Waals surface area contributed by atoms with Crippen LogP contribution in [0.1, 0.15) is 41.6 Å². The Balaban J connectivity index is 1.10. The van der Waals surface area contributed by atoms with Gasteiger partial charge in [0.2, 0.25) is 5.91 Å². The molecule has 3 aliphatic rings. The summed E-state index contributed by atoms with van der Waals surface area (Å²) in [5.74, 6) is 1.22. The minimum Gasteiger partial charge on any atom is -0.378 e. The number of piperidine rings is 1. The average molecular weight is 448 g/mol. The highest BCUT2D eigenvalue weighted by atomic mass is 16.5. The molecule has 0 bridgehead atoms. The lowest BCUT2D eigenvalue weighted by Gasteiger charge is -2.32. The maximum Gasteiger partial charge on any atom is 0.255 e. The van der Waals surface area contributed by atoms with E-state index in [1.54, 1.807) is 0 Å². The number of carbonyl (C=O) groups excluding carboxylic acids is 2. The van der Waals surface area contributed by atoms with Crippen molar-refractivity contribution in [3.05, 3.63) is 59.7 Å². The van der Waals surface area contributed by atoms with Crippen LogP contribution in [0.3, 0.4) is 0 Å². The number of amides is 2. The highest BCUT2D eigenvalue weighted by Crippen LogP contribution is 2.33. The molecule has 2 aliphatic heterocycles. The largest absolute Gasteiger partial charge is 0.378 e. The van der Waals surface area contributed by atoms with Crippen molar-refractivity contribution >= 4 is 23.2 Å². The highest BCUT2D eigenvalue weighted by Gasteiger charge is 2.34. The van der Waals surface area contributed by atoms with E-state index in [1.165, 1.54) is 5.56 Å². The Kier molecular flexibility index (Phi) is 6.63. The zero-order valence-electron chi connectivity index (χ0n) is 19.2. The molecule has 1 saturated carbocycles. The molecule has 1 aliphatic carbocycles. The number of hydrogen-bond donors (Lipinski definition) is 1. The molecule has 0 unspecified atom stereocenters. The van der Waals surface area contributed by atoms with Crippen molar-refractivity contribution in [2.75, 3.05) is 49.6 Å². The fourth-order valence-electron chi connectivity index (χ4n) is 4.85. The first-order chi connectivity index (χ1) is 16.2. The second-order valence-corrected chi connectivity index (χ2v) is 9.54. The molecule has 0 spiro atoms. The van der Waals surface area contributed by atoms with E-state index in [2.05, 4.69) is 27.2 Å². The molecule has 2 saturated heterocycles. The van der Waals surface area contributed by atoms with E-state index in [0.29, 0.717) is 23.3 Å². The van der Waals surface area contributed by atoms with Crippen LogP contribution >= 0.6 is 0 Å². The van der Waals surface area contributed by atoms with Gasteiger partial charge >= 0.3 is 0 Å². The number of likely N-dealkylation sites (tertiary alicyclic amines) is 1. The van der Waals surface area contributed by atoms with Crippen molar-refractivity contribution in [2.45, 2.75) is 32.1 Å². The lowest BCUT2D eigenvalue weighted by atomic mass is 9.89. The number of morpholine rings is 1. The zero-order valence-corrected chi connectivity index (χ0v) is 19.2. The number of benzene rings is 2. The Hall–Kier alpha value is -2.86. The summed E-state index contributed by atoms with van der Waals surface area (Å²) in [6, 6.07) is 16.0. The molecule has 2 heterocycles. The quantitative estimate of drug-likeness (QED) is 0.728. The number of nitrogens with zero attached hydrogens (tertiary/aromatic N) is 2. The molecule has 3 fully saturated rings. The number of hydrogen-bond acceptors (Lipinski definition) is 4. The third-order valence-electron chi connectivity index (χ3n) is 7.09. The number of anilines is 2. The van der Waals surface area contributed by atoms with E-state index in [9.17, 15) is 9.59 Å². The SMILES string of the molecule is O=C(Nc1ccc(N2CCOCC2)cc1)c1ccc(CC2CCN(C(=O)C3CC3)CC2)cc1. The molecule has 1 N–H and O–H groups in total. The summed E-state index contributed by atoms with van der Waals surface area (Å²) in [6.07, 6.45) is 5.32. The van der Waals surface area contributed by atoms with Gasteiger partial charge < -0.3 is 19.9 Å². The molecule has 2 aromatic rings.